The summed E-state index contributed by atoms with van der Waals surface area (Å²) in [6, 6.07) is 5.92. The third-order valence-electron chi connectivity index (χ3n) is 3.61. The molecule has 1 aliphatic rings. The molecule has 0 unspecified atom stereocenters. The summed E-state index contributed by atoms with van der Waals surface area (Å²) >= 11 is 0. The van der Waals surface area contributed by atoms with Crippen molar-refractivity contribution in [3.05, 3.63) is 29.3 Å². The third-order valence-corrected chi connectivity index (χ3v) is 3.61. The number of rotatable bonds is 5. The summed E-state index contributed by atoms with van der Waals surface area (Å²) in [6.07, 6.45) is -0.711. The first kappa shape index (κ1) is 16.3. The Bertz CT molecular complexity index is 557. The topological polar surface area (TPSA) is 76.1 Å². The molecule has 1 aliphatic heterocycles. The van der Waals surface area contributed by atoms with Gasteiger partial charge in [-0.15, -0.1) is 0 Å². The lowest BCUT2D eigenvalue weighted by Crippen LogP contribution is -2.48. The fraction of sp³-hybridized carbons (Fsp3) is 0.500. The van der Waals surface area contributed by atoms with Crippen LogP contribution in [0.5, 0.6) is 5.75 Å². The van der Waals surface area contributed by atoms with Gasteiger partial charge in [-0.05, 0) is 31.0 Å². The van der Waals surface area contributed by atoms with Crippen LogP contribution in [-0.2, 0) is 14.3 Å². The van der Waals surface area contributed by atoms with Crippen LogP contribution in [0.4, 0.5) is 0 Å². The van der Waals surface area contributed by atoms with Crippen LogP contribution >= 0.6 is 0 Å². The van der Waals surface area contributed by atoms with Gasteiger partial charge in [-0.25, -0.2) is 4.79 Å². The Morgan fingerprint density at radius 2 is 2.18 bits per heavy atom. The fourth-order valence-corrected chi connectivity index (χ4v) is 2.29. The number of ether oxygens (including phenoxy) is 2. The SMILES string of the molecule is Cc1ccc(C)c(OCCC(=O)N2CCO[C@@H](C(=O)O)C2)c1. The molecule has 120 valence electrons. The van der Waals surface area contributed by atoms with E-state index in [2.05, 4.69) is 0 Å². The highest BCUT2D eigenvalue weighted by atomic mass is 16.5. The number of nitrogens with zero attached hydrogens (tertiary/aromatic N) is 1. The van der Waals surface area contributed by atoms with Gasteiger partial charge in [0.05, 0.1) is 26.2 Å². The molecule has 1 aromatic rings. The van der Waals surface area contributed by atoms with Crippen molar-refractivity contribution in [2.45, 2.75) is 26.4 Å². The number of carboxylic acids is 1. The summed E-state index contributed by atoms with van der Waals surface area (Å²) in [5.41, 5.74) is 2.12. The number of morpholine rings is 1. The molecule has 0 bridgehead atoms. The Morgan fingerprint density at radius 1 is 1.41 bits per heavy atom. The number of carbonyl (C=O) groups excluding carboxylic acids is 1. The number of amides is 1. The highest BCUT2D eigenvalue weighted by molar-refractivity contribution is 5.78. The predicted molar refractivity (Wildman–Crippen MR) is 80.0 cm³/mol. The van der Waals surface area contributed by atoms with E-state index in [1.54, 1.807) is 0 Å². The minimum Gasteiger partial charge on any atom is -0.493 e. The standard InChI is InChI=1S/C16H21NO5/c1-11-3-4-12(2)13(9-11)21-7-5-15(18)17-6-8-22-14(10-17)16(19)20/h3-4,9,14H,5-8,10H2,1-2H3,(H,19,20)/t14-/m1/s1. The summed E-state index contributed by atoms with van der Waals surface area (Å²) in [7, 11) is 0. The largest absolute Gasteiger partial charge is 0.493 e. The summed E-state index contributed by atoms with van der Waals surface area (Å²) in [5.74, 6) is -0.373. The van der Waals surface area contributed by atoms with E-state index >= 15 is 0 Å². The Labute approximate surface area is 129 Å². The van der Waals surface area contributed by atoms with Gasteiger partial charge >= 0.3 is 5.97 Å². The molecule has 0 aliphatic carbocycles. The van der Waals surface area contributed by atoms with Gasteiger partial charge in [0.25, 0.3) is 0 Å². The molecule has 1 amide bonds. The number of aliphatic carboxylic acids is 1. The van der Waals surface area contributed by atoms with E-state index in [0.29, 0.717) is 6.54 Å². The van der Waals surface area contributed by atoms with E-state index in [0.717, 1.165) is 16.9 Å². The van der Waals surface area contributed by atoms with E-state index in [1.165, 1.54) is 4.90 Å². The smallest absolute Gasteiger partial charge is 0.334 e. The van der Waals surface area contributed by atoms with Crippen LogP contribution in [0.2, 0.25) is 0 Å². The van der Waals surface area contributed by atoms with Gasteiger partial charge in [0.1, 0.15) is 5.75 Å². The van der Waals surface area contributed by atoms with Gasteiger partial charge < -0.3 is 19.5 Å². The average Bonchev–Trinajstić information content (AvgIpc) is 2.50. The van der Waals surface area contributed by atoms with E-state index in [1.807, 2.05) is 32.0 Å². The Hall–Kier alpha value is -2.08. The van der Waals surface area contributed by atoms with Crippen molar-refractivity contribution in [1.82, 2.24) is 4.90 Å². The zero-order valence-electron chi connectivity index (χ0n) is 12.9. The molecule has 0 radical (unpaired) electrons. The minimum atomic E-state index is -1.04. The number of hydrogen-bond donors (Lipinski definition) is 1. The second-order valence-corrected chi connectivity index (χ2v) is 5.40. The molecule has 0 spiro atoms. The Kier molecular flexibility index (Phi) is 5.38. The molecule has 1 aromatic carbocycles. The highest BCUT2D eigenvalue weighted by Gasteiger charge is 2.28. The zero-order valence-corrected chi connectivity index (χ0v) is 12.9. The number of carboxylic acid groups (broad SMARTS) is 1. The maximum Gasteiger partial charge on any atom is 0.334 e. The van der Waals surface area contributed by atoms with E-state index < -0.39 is 12.1 Å². The first-order chi connectivity index (χ1) is 10.5. The van der Waals surface area contributed by atoms with Crippen LogP contribution in [0.15, 0.2) is 18.2 Å². The monoisotopic (exact) mass is 307 g/mol. The van der Waals surface area contributed by atoms with Gasteiger partial charge in [0, 0.05) is 6.54 Å². The number of carbonyl (C=O) groups is 2. The first-order valence-corrected chi connectivity index (χ1v) is 7.29. The average molecular weight is 307 g/mol. The molecule has 22 heavy (non-hydrogen) atoms. The zero-order chi connectivity index (χ0) is 16.1. The number of hydrogen-bond acceptors (Lipinski definition) is 4. The predicted octanol–water partition coefficient (Wildman–Crippen LogP) is 1.38. The Morgan fingerprint density at radius 3 is 2.91 bits per heavy atom. The van der Waals surface area contributed by atoms with Gasteiger partial charge in [-0.2, -0.15) is 0 Å². The van der Waals surface area contributed by atoms with Crippen molar-refractivity contribution in [2.75, 3.05) is 26.3 Å². The molecule has 6 nitrogen and oxygen atoms in total. The molecule has 0 aromatic heterocycles. The second-order valence-electron chi connectivity index (χ2n) is 5.40. The van der Waals surface area contributed by atoms with Crippen molar-refractivity contribution in [3.8, 4) is 5.75 Å². The van der Waals surface area contributed by atoms with Crippen molar-refractivity contribution in [3.63, 3.8) is 0 Å². The van der Waals surface area contributed by atoms with Crippen LogP contribution in [0.25, 0.3) is 0 Å². The van der Waals surface area contributed by atoms with Gasteiger partial charge in [-0.1, -0.05) is 12.1 Å². The van der Waals surface area contributed by atoms with Crippen molar-refractivity contribution >= 4 is 11.9 Å². The van der Waals surface area contributed by atoms with Crippen LogP contribution in [0.1, 0.15) is 17.5 Å². The quantitative estimate of drug-likeness (QED) is 0.889. The molecular weight excluding hydrogens is 286 g/mol. The van der Waals surface area contributed by atoms with Crippen LogP contribution < -0.4 is 4.74 Å². The maximum absolute atomic E-state index is 12.1. The van der Waals surface area contributed by atoms with Crippen LogP contribution in [-0.4, -0.2) is 54.3 Å². The van der Waals surface area contributed by atoms with Crippen molar-refractivity contribution in [2.24, 2.45) is 0 Å². The van der Waals surface area contributed by atoms with Crippen molar-refractivity contribution < 1.29 is 24.2 Å². The molecule has 2 rings (SSSR count). The first-order valence-electron chi connectivity index (χ1n) is 7.29. The highest BCUT2D eigenvalue weighted by Crippen LogP contribution is 2.19. The third kappa shape index (κ3) is 4.21. The van der Waals surface area contributed by atoms with Gasteiger partial charge in [0.15, 0.2) is 6.10 Å². The van der Waals surface area contributed by atoms with Crippen LogP contribution in [0.3, 0.4) is 0 Å². The molecule has 1 N–H and O–H groups in total. The lowest BCUT2D eigenvalue weighted by Gasteiger charge is -2.30. The van der Waals surface area contributed by atoms with E-state index in [-0.39, 0.29) is 32.1 Å². The summed E-state index contributed by atoms with van der Waals surface area (Å²) < 4.78 is 10.8. The number of benzene rings is 1. The second kappa shape index (κ2) is 7.26. The lowest BCUT2D eigenvalue weighted by molar-refractivity contribution is -0.159. The van der Waals surface area contributed by atoms with E-state index in [9.17, 15) is 9.59 Å². The molecule has 1 heterocycles. The molecule has 1 fully saturated rings. The molecule has 0 saturated carbocycles. The number of aryl methyl sites for hydroxylation is 2. The molecule has 1 saturated heterocycles. The lowest BCUT2D eigenvalue weighted by atomic mass is 10.1. The molecular formula is C16H21NO5. The van der Waals surface area contributed by atoms with Crippen LogP contribution in [0, 0.1) is 13.8 Å². The van der Waals surface area contributed by atoms with Gasteiger partial charge in [0.2, 0.25) is 5.91 Å². The fourth-order valence-electron chi connectivity index (χ4n) is 2.29. The van der Waals surface area contributed by atoms with Gasteiger partial charge in [-0.3, -0.25) is 4.79 Å². The normalized spacial score (nSPS) is 18.1. The summed E-state index contributed by atoms with van der Waals surface area (Å²) in [4.78, 5) is 24.5. The summed E-state index contributed by atoms with van der Waals surface area (Å²) in [5, 5.41) is 8.93. The molecule has 6 heteroatoms. The Balaban J connectivity index is 1.82. The summed E-state index contributed by atoms with van der Waals surface area (Å²) in [6.45, 7) is 4.98. The minimum absolute atomic E-state index is 0.0949. The van der Waals surface area contributed by atoms with Crippen molar-refractivity contribution in [1.29, 1.82) is 0 Å². The van der Waals surface area contributed by atoms with E-state index in [4.69, 9.17) is 14.6 Å². The maximum atomic E-state index is 12.1. The molecule has 1 atom stereocenters.